The van der Waals surface area contributed by atoms with Crippen LogP contribution in [0.1, 0.15) is 32.3 Å². The lowest BCUT2D eigenvalue weighted by molar-refractivity contribution is 0.487. The van der Waals surface area contributed by atoms with Crippen LogP contribution in [0.15, 0.2) is 12.4 Å². The van der Waals surface area contributed by atoms with Crippen molar-refractivity contribution in [3.8, 4) is 0 Å². The molecule has 2 heterocycles. The van der Waals surface area contributed by atoms with Gasteiger partial charge in [-0.15, -0.1) is 0 Å². The molecule has 1 atom stereocenters. The van der Waals surface area contributed by atoms with Crippen LogP contribution >= 0.6 is 0 Å². The Hall–Kier alpha value is -1.16. The first-order valence-corrected chi connectivity index (χ1v) is 6.44. The molecular formula is C13H22N4. The van der Waals surface area contributed by atoms with Crippen LogP contribution in [-0.4, -0.2) is 29.6 Å². The van der Waals surface area contributed by atoms with Gasteiger partial charge >= 0.3 is 0 Å². The predicted octanol–water partition coefficient (Wildman–Crippen LogP) is 1.82. The summed E-state index contributed by atoms with van der Waals surface area (Å²) in [7, 11) is 1.93. The van der Waals surface area contributed by atoms with E-state index in [9.17, 15) is 0 Å². The molecule has 1 N–H and O–H groups in total. The second kappa shape index (κ2) is 5.45. The Morgan fingerprint density at radius 1 is 1.41 bits per heavy atom. The van der Waals surface area contributed by atoms with Crippen molar-refractivity contribution in [3.63, 3.8) is 0 Å². The van der Waals surface area contributed by atoms with Gasteiger partial charge in [0.25, 0.3) is 0 Å². The van der Waals surface area contributed by atoms with Crippen molar-refractivity contribution in [2.45, 2.75) is 39.3 Å². The van der Waals surface area contributed by atoms with E-state index in [-0.39, 0.29) is 0 Å². The van der Waals surface area contributed by atoms with Crippen LogP contribution in [0.25, 0.3) is 0 Å². The lowest BCUT2D eigenvalue weighted by atomic mass is 10.0. The Bertz CT molecular complexity index is 347. The van der Waals surface area contributed by atoms with E-state index < -0.39 is 0 Å². The topological polar surface area (TPSA) is 41.1 Å². The molecule has 4 heteroatoms. The van der Waals surface area contributed by atoms with E-state index in [1.165, 1.54) is 12.8 Å². The van der Waals surface area contributed by atoms with E-state index in [4.69, 9.17) is 0 Å². The summed E-state index contributed by atoms with van der Waals surface area (Å²) in [5.41, 5.74) is 1.14. The Morgan fingerprint density at radius 3 is 2.71 bits per heavy atom. The molecule has 1 aliphatic rings. The zero-order valence-electron chi connectivity index (χ0n) is 11.0. The van der Waals surface area contributed by atoms with Crippen molar-refractivity contribution in [3.05, 3.63) is 18.0 Å². The lowest BCUT2D eigenvalue weighted by Gasteiger charge is -2.27. The minimum atomic E-state index is 0.602. The fraction of sp³-hybridized carbons (Fsp3) is 0.692. The standard InChI is InChI=1S/C13H22N4/c1-10(2)12-5-4-6-17(12)13-15-8-11(7-14-3)9-16-13/h8-10,12,14H,4-7H2,1-3H3. The average Bonchev–Trinajstić information content (AvgIpc) is 2.79. The van der Waals surface area contributed by atoms with Gasteiger partial charge < -0.3 is 10.2 Å². The molecule has 0 saturated carbocycles. The molecule has 94 valence electrons. The molecule has 1 aliphatic heterocycles. The third-order valence-electron chi connectivity index (χ3n) is 3.40. The normalized spacial score (nSPS) is 20.2. The van der Waals surface area contributed by atoms with Crippen molar-refractivity contribution in [1.82, 2.24) is 15.3 Å². The molecule has 1 saturated heterocycles. The monoisotopic (exact) mass is 234 g/mol. The molecule has 1 aromatic rings. The third kappa shape index (κ3) is 2.75. The Morgan fingerprint density at radius 2 is 2.12 bits per heavy atom. The van der Waals surface area contributed by atoms with Gasteiger partial charge in [-0.1, -0.05) is 13.8 Å². The van der Waals surface area contributed by atoms with Gasteiger partial charge in [0, 0.05) is 37.1 Å². The van der Waals surface area contributed by atoms with E-state index in [1.807, 2.05) is 19.4 Å². The van der Waals surface area contributed by atoms with Crippen LogP contribution in [-0.2, 0) is 6.54 Å². The Kier molecular flexibility index (Phi) is 3.94. The van der Waals surface area contributed by atoms with Gasteiger partial charge in [0.15, 0.2) is 0 Å². The number of hydrogen-bond acceptors (Lipinski definition) is 4. The van der Waals surface area contributed by atoms with E-state index in [1.54, 1.807) is 0 Å². The highest BCUT2D eigenvalue weighted by molar-refractivity contribution is 5.33. The Balaban J connectivity index is 2.11. The first kappa shape index (κ1) is 12.3. The third-order valence-corrected chi connectivity index (χ3v) is 3.40. The zero-order chi connectivity index (χ0) is 12.3. The highest BCUT2D eigenvalue weighted by Gasteiger charge is 2.28. The van der Waals surface area contributed by atoms with Crippen molar-refractivity contribution in [2.24, 2.45) is 5.92 Å². The van der Waals surface area contributed by atoms with Crippen molar-refractivity contribution in [1.29, 1.82) is 0 Å². The molecule has 0 bridgehead atoms. The maximum Gasteiger partial charge on any atom is 0.225 e. The van der Waals surface area contributed by atoms with Crippen LogP contribution in [0.2, 0.25) is 0 Å². The summed E-state index contributed by atoms with van der Waals surface area (Å²) in [4.78, 5) is 11.3. The molecular weight excluding hydrogens is 212 g/mol. The maximum absolute atomic E-state index is 4.49. The summed E-state index contributed by atoms with van der Waals surface area (Å²) in [5, 5.41) is 3.11. The molecule has 4 nitrogen and oxygen atoms in total. The van der Waals surface area contributed by atoms with Crippen molar-refractivity contribution in [2.75, 3.05) is 18.5 Å². The van der Waals surface area contributed by atoms with Crippen LogP contribution in [0.5, 0.6) is 0 Å². The second-order valence-electron chi connectivity index (χ2n) is 5.07. The van der Waals surface area contributed by atoms with Crippen molar-refractivity contribution >= 4 is 5.95 Å². The maximum atomic E-state index is 4.49. The summed E-state index contributed by atoms with van der Waals surface area (Å²) in [5.74, 6) is 1.55. The first-order chi connectivity index (χ1) is 8.22. The zero-order valence-corrected chi connectivity index (χ0v) is 11.0. The van der Waals surface area contributed by atoms with E-state index in [0.29, 0.717) is 12.0 Å². The first-order valence-electron chi connectivity index (χ1n) is 6.44. The number of nitrogens with zero attached hydrogens (tertiary/aromatic N) is 3. The van der Waals surface area contributed by atoms with E-state index >= 15 is 0 Å². The summed E-state index contributed by atoms with van der Waals surface area (Å²) in [6, 6.07) is 0.602. The van der Waals surface area contributed by atoms with Gasteiger partial charge in [-0.3, -0.25) is 0 Å². The SMILES string of the molecule is CNCc1cnc(N2CCCC2C(C)C)nc1. The molecule has 0 aliphatic carbocycles. The highest BCUT2D eigenvalue weighted by Crippen LogP contribution is 2.26. The smallest absolute Gasteiger partial charge is 0.225 e. The molecule has 2 rings (SSSR count). The largest absolute Gasteiger partial charge is 0.338 e. The molecule has 1 fully saturated rings. The van der Waals surface area contributed by atoms with E-state index in [0.717, 1.165) is 24.6 Å². The molecule has 0 radical (unpaired) electrons. The van der Waals surface area contributed by atoms with Crippen LogP contribution < -0.4 is 10.2 Å². The quantitative estimate of drug-likeness (QED) is 0.863. The van der Waals surface area contributed by atoms with Crippen molar-refractivity contribution < 1.29 is 0 Å². The van der Waals surface area contributed by atoms with Gasteiger partial charge in [-0.25, -0.2) is 9.97 Å². The molecule has 1 unspecified atom stereocenters. The van der Waals surface area contributed by atoms with Crippen LogP contribution in [0.3, 0.4) is 0 Å². The van der Waals surface area contributed by atoms with Gasteiger partial charge in [0.1, 0.15) is 0 Å². The molecule has 17 heavy (non-hydrogen) atoms. The van der Waals surface area contributed by atoms with E-state index in [2.05, 4.69) is 34.0 Å². The van der Waals surface area contributed by atoms with Gasteiger partial charge in [-0.2, -0.15) is 0 Å². The minimum absolute atomic E-state index is 0.602. The fourth-order valence-electron chi connectivity index (χ4n) is 2.53. The number of nitrogens with one attached hydrogen (secondary N) is 1. The molecule has 0 spiro atoms. The number of hydrogen-bond donors (Lipinski definition) is 1. The Labute approximate surface area is 103 Å². The summed E-state index contributed by atoms with van der Waals surface area (Å²) >= 11 is 0. The second-order valence-corrected chi connectivity index (χ2v) is 5.07. The van der Waals surface area contributed by atoms with Crippen LogP contribution in [0.4, 0.5) is 5.95 Å². The number of anilines is 1. The van der Waals surface area contributed by atoms with Gasteiger partial charge in [0.05, 0.1) is 0 Å². The number of rotatable bonds is 4. The molecule has 0 aromatic carbocycles. The molecule has 0 amide bonds. The summed E-state index contributed by atoms with van der Waals surface area (Å²) in [6.07, 6.45) is 6.37. The lowest BCUT2D eigenvalue weighted by Crippen LogP contribution is -2.34. The summed E-state index contributed by atoms with van der Waals surface area (Å²) in [6.45, 7) is 6.47. The minimum Gasteiger partial charge on any atom is -0.338 e. The average molecular weight is 234 g/mol. The summed E-state index contributed by atoms with van der Waals surface area (Å²) < 4.78 is 0. The molecule has 1 aromatic heterocycles. The van der Waals surface area contributed by atoms with Gasteiger partial charge in [-0.05, 0) is 25.8 Å². The fourth-order valence-corrected chi connectivity index (χ4v) is 2.53. The van der Waals surface area contributed by atoms with Crippen LogP contribution in [0, 0.1) is 5.92 Å². The van der Waals surface area contributed by atoms with Gasteiger partial charge in [0.2, 0.25) is 5.95 Å². The predicted molar refractivity (Wildman–Crippen MR) is 70.0 cm³/mol. The highest BCUT2D eigenvalue weighted by atomic mass is 15.3. The number of aromatic nitrogens is 2.